The zero-order chi connectivity index (χ0) is 15.4. The zero-order valence-corrected chi connectivity index (χ0v) is 13.7. The Balaban J connectivity index is 1.99. The smallest absolute Gasteiger partial charge is 0.126 e. The van der Waals surface area contributed by atoms with Gasteiger partial charge in [-0.05, 0) is 49.7 Å². The average molecular weight is 291 g/mol. The standard InChI is InChI=1S/C18H26FNO/c1-12-10-18(4,13-8-6-7-9-15(13)19)11-14-16(12)20(5)21-17(14,2)3/h6-9,12,14,16H,10-11H2,1-5H3. The number of nitrogens with zero attached hydrogens (tertiary/aromatic N) is 1. The fraction of sp³-hybridized carbons (Fsp3) is 0.667. The van der Waals surface area contributed by atoms with E-state index in [0.29, 0.717) is 17.9 Å². The summed E-state index contributed by atoms with van der Waals surface area (Å²) in [4.78, 5) is 6.07. The highest BCUT2D eigenvalue weighted by Crippen LogP contribution is 2.53. The van der Waals surface area contributed by atoms with Gasteiger partial charge >= 0.3 is 0 Å². The fourth-order valence-electron chi connectivity index (χ4n) is 4.86. The molecule has 4 unspecified atom stereocenters. The van der Waals surface area contributed by atoms with E-state index in [1.54, 1.807) is 12.1 Å². The maximum atomic E-state index is 14.3. The third-order valence-corrected chi connectivity index (χ3v) is 5.65. The highest BCUT2D eigenvalue weighted by molar-refractivity contribution is 5.28. The van der Waals surface area contributed by atoms with Crippen LogP contribution in [0.5, 0.6) is 0 Å². The highest BCUT2D eigenvalue weighted by Gasteiger charge is 2.55. The second kappa shape index (κ2) is 4.79. The van der Waals surface area contributed by atoms with Crippen LogP contribution >= 0.6 is 0 Å². The van der Waals surface area contributed by atoms with Crippen molar-refractivity contribution in [3.63, 3.8) is 0 Å². The summed E-state index contributed by atoms with van der Waals surface area (Å²) in [6, 6.07) is 7.69. The van der Waals surface area contributed by atoms with Crippen LogP contribution in [0, 0.1) is 17.7 Å². The highest BCUT2D eigenvalue weighted by atomic mass is 19.1. The normalized spacial score (nSPS) is 39.2. The van der Waals surface area contributed by atoms with Crippen molar-refractivity contribution in [2.75, 3.05) is 7.05 Å². The van der Waals surface area contributed by atoms with E-state index in [9.17, 15) is 4.39 Å². The number of hydrogen-bond acceptors (Lipinski definition) is 2. The second-order valence-corrected chi connectivity index (χ2v) is 7.76. The average Bonchev–Trinajstić information content (AvgIpc) is 2.59. The van der Waals surface area contributed by atoms with Gasteiger partial charge in [0.05, 0.1) is 5.60 Å². The van der Waals surface area contributed by atoms with Crippen molar-refractivity contribution in [3.8, 4) is 0 Å². The lowest BCUT2D eigenvalue weighted by Crippen LogP contribution is -2.48. The van der Waals surface area contributed by atoms with Gasteiger partial charge in [-0.25, -0.2) is 4.39 Å². The summed E-state index contributed by atoms with van der Waals surface area (Å²) in [5, 5.41) is 2.04. The Morgan fingerprint density at radius 1 is 1.19 bits per heavy atom. The molecule has 1 heterocycles. The van der Waals surface area contributed by atoms with Crippen LogP contribution in [0.15, 0.2) is 24.3 Å². The van der Waals surface area contributed by atoms with E-state index in [0.717, 1.165) is 18.4 Å². The van der Waals surface area contributed by atoms with Gasteiger partial charge in [-0.15, -0.1) is 0 Å². The molecule has 0 aromatic heterocycles. The molecule has 21 heavy (non-hydrogen) atoms. The van der Waals surface area contributed by atoms with Crippen LogP contribution in [-0.2, 0) is 10.3 Å². The van der Waals surface area contributed by atoms with Crippen molar-refractivity contribution in [3.05, 3.63) is 35.6 Å². The molecule has 3 heteroatoms. The minimum absolute atomic E-state index is 0.0734. The molecule has 1 aliphatic heterocycles. The van der Waals surface area contributed by atoms with Gasteiger partial charge in [-0.2, -0.15) is 5.06 Å². The van der Waals surface area contributed by atoms with Crippen molar-refractivity contribution in [1.82, 2.24) is 5.06 Å². The van der Waals surface area contributed by atoms with Crippen LogP contribution in [0.2, 0.25) is 0 Å². The molecule has 1 aromatic rings. The number of benzene rings is 1. The quantitative estimate of drug-likeness (QED) is 0.770. The molecule has 1 saturated heterocycles. The third kappa shape index (κ3) is 2.31. The van der Waals surface area contributed by atoms with Crippen LogP contribution in [0.25, 0.3) is 0 Å². The van der Waals surface area contributed by atoms with E-state index in [1.165, 1.54) is 0 Å². The van der Waals surface area contributed by atoms with Crippen molar-refractivity contribution < 1.29 is 9.23 Å². The maximum Gasteiger partial charge on any atom is 0.126 e. The van der Waals surface area contributed by atoms with Gasteiger partial charge in [0.1, 0.15) is 5.82 Å². The molecule has 2 fully saturated rings. The molecule has 3 rings (SSSR count). The summed E-state index contributed by atoms with van der Waals surface area (Å²) >= 11 is 0. The summed E-state index contributed by atoms with van der Waals surface area (Å²) < 4.78 is 14.3. The Bertz CT molecular complexity index is 544. The van der Waals surface area contributed by atoms with Gasteiger partial charge in [0.15, 0.2) is 0 Å². The zero-order valence-electron chi connectivity index (χ0n) is 13.7. The Morgan fingerprint density at radius 2 is 1.86 bits per heavy atom. The van der Waals surface area contributed by atoms with Gasteiger partial charge in [0, 0.05) is 19.0 Å². The predicted octanol–water partition coefficient (Wildman–Crippen LogP) is 4.15. The maximum absolute atomic E-state index is 14.3. The van der Waals surface area contributed by atoms with Crippen molar-refractivity contribution >= 4 is 0 Å². The molecule has 4 atom stereocenters. The lowest BCUT2D eigenvalue weighted by atomic mass is 9.59. The van der Waals surface area contributed by atoms with Gasteiger partial charge < -0.3 is 0 Å². The summed E-state index contributed by atoms with van der Waals surface area (Å²) in [6.45, 7) is 8.81. The number of halogens is 1. The first-order valence-corrected chi connectivity index (χ1v) is 7.91. The molecule has 0 radical (unpaired) electrons. The van der Waals surface area contributed by atoms with Crippen LogP contribution in [0.3, 0.4) is 0 Å². The number of hydrogen-bond donors (Lipinski definition) is 0. The Morgan fingerprint density at radius 3 is 2.52 bits per heavy atom. The molecule has 2 nitrogen and oxygen atoms in total. The third-order valence-electron chi connectivity index (χ3n) is 5.65. The van der Waals surface area contributed by atoms with Crippen molar-refractivity contribution in [2.45, 2.75) is 57.6 Å². The van der Waals surface area contributed by atoms with Crippen LogP contribution < -0.4 is 0 Å². The topological polar surface area (TPSA) is 12.5 Å². The van der Waals surface area contributed by atoms with Gasteiger partial charge in [0.2, 0.25) is 0 Å². The van der Waals surface area contributed by atoms with E-state index in [4.69, 9.17) is 4.84 Å². The minimum atomic E-state index is -0.180. The van der Waals surface area contributed by atoms with E-state index >= 15 is 0 Å². The molecule has 1 aliphatic carbocycles. The monoisotopic (exact) mass is 291 g/mol. The second-order valence-electron chi connectivity index (χ2n) is 7.76. The first-order valence-electron chi connectivity index (χ1n) is 7.91. The SMILES string of the molecule is CC1CC(C)(c2ccccc2F)CC2C1N(C)OC2(C)C. The molecule has 1 aromatic carbocycles. The summed E-state index contributed by atoms with van der Waals surface area (Å²) in [5.41, 5.74) is 0.568. The molecule has 1 saturated carbocycles. The van der Waals surface area contributed by atoms with E-state index in [1.807, 2.05) is 24.2 Å². The van der Waals surface area contributed by atoms with Gasteiger partial charge in [-0.3, -0.25) is 4.84 Å². The van der Waals surface area contributed by atoms with Crippen molar-refractivity contribution in [2.24, 2.45) is 11.8 Å². The first-order chi connectivity index (χ1) is 9.74. The largest absolute Gasteiger partial charge is 0.293 e. The molecule has 0 N–H and O–H groups in total. The predicted molar refractivity (Wildman–Crippen MR) is 82.4 cm³/mol. The first kappa shape index (κ1) is 15.0. The van der Waals surface area contributed by atoms with Crippen molar-refractivity contribution in [1.29, 1.82) is 0 Å². The molecule has 0 spiro atoms. The van der Waals surface area contributed by atoms with Crippen LogP contribution in [0.4, 0.5) is 4.39 Å². The lowest BCUT2D eigenvalue weighted by Gasteiger charge is -2.46. The summed E-state index contributed by atoms with van der Waals surface area (Å²) in [5.74, 6) is 0.840. The Labute approximate surface area is 127 Å². The fourth-order valence-corrected chi connectivity index (χ4v) is 4.86. The number of hydroxylamine groups is 2. The Hall–Kier alpha value is -0.930. The lowest BCUT2D eigenvalue weighted by molar-refractivity contribution is -0.182. The van der Waals surface area contributed by atoms with E-state index in [2.05, 4.69) is 27.7 Å². The number of fused-ring (bicyclic) bond motifs is 1. The Kier molecular flexibility index (Phi) is 3.42. The molecule has 0 bridgehead atoms. The molecule has 116 valence electrons. The molecular formula is C18H26FNO. The van der Waals surface area contributed by atoms with Gasteiger partial charge in [-0.1, -0.05) is 32.0 Å². The van der Waals surface area contributed by atoms with E-state index < -0.39 is 0 Å². The molecule has 0 amide bonds. The van der Waals surface area contributed by atoms with Gasteiger partial charge in [0.25, 0.3) is 0 Å². The van der Waals surface area contributed by atoms with E-state index in [-0.39, 0.29) is 16.8 Å². The summed E-state index contributed by atoms with van der Waals surface area (Å²) in [7, 11) is 2.04. The molecular weight excluding hydrogens is 265 g/mol. The molecule has 2 aliphatic rings. The van der Waals surface area contributed by atoms with Crippen LogP contribution in [0.1, 0.15) is 46.1 Å². The minimum Gasteiger partial charge on any atom is -0.293 e. The van der Waals surface area contributed by atoms with Crippen LogP contribution in [-0.4, -0.2) is 23.8 Å². The summed E-state index contributed by atoms with van der Waals surface area (Å²) in [6.07, 6.45) is 1.97. The number of rotatable bonds is 1.